The predicted molar refractivity (Wildman–Crippen MR) is 129 cm³/mol. The topological polar surface area (TPSA) is 168 Å². The third-order valence-electron chi connectivity index (χ3n) is 5.58. The molecule has 3 aromatic rings. The van der Waals surface area contributed by atoms with Crippen molar-refractivity contribution in [2.24, 2.45) is 11.7 Å². The third-order valence-corrected chi connectivity index (χ3v) is 6.26. The van der Waals surface area contributed by atoms with Crippen LogP contribution >= 0.6 is 23.2 Å². The van der Waals surface area contributed by atoms with Gasteiger partial charge in [0.1, 0.15) is 16.7 Å². The summed E-state index contributed by atoms with van der Waals surface area (Å²) in [4.78, 5) is 37.5. The fourth-order valence-corrected chi connectivity index (χ4v) is 4.20. The molecule has 1 aliphatic rings. The molecule has 2 aromatic heterocycles. The average Bonchev–Trinajstić information content (AvgIpc) is 3.58. The summed E-state index contributed by atoms with van der Waals surface area (Å²) in [7, 11) is 0. The molecule has 4 rings (SSSR count). The van der Waals surface area contributed by atoms with E-state index in [-0.39, 0.29) is 52.5 Å². The number of carbonyl (C=O) groups is 1. The Morgan fingerprint density at radius 1 is 1.18 bits per heavy atom. The molecule has 2 heterocycles. The molecule has 0 aliphatic heterocycles. The number of unbranched alkanes of at least 4 members (excludes halogenated alkanes) is 1. The van der Waals surface area contributed by atoms with Gasteiger partial charge in [-0.2, -0.15) is 9.97 Å². The van der Waals surface area contributed by atoms with Gasteiger partial charge in [0.15, 0.2) is 5.82 Å². The number of aromatic nitrogens is 4. The minimum absolute atomic E-state index is 0.0176. The van der Waals surface area contributed by atoms with Gasteiger partial charge in [0.05, 0.1) is 22.0 Å². The first-order valence-corrected chi connectivity index (χ1v) is 11.3. The van der Waals surface area contributed by atoms with Crippen LogP contribution in [0.1, 0.15) is 44.0 Å². The fourth-order valence-electron chi connectivity index (χ4n) is 3.81. The molecule has 0 unspecified atom stereocenters. The van der Waals surface area contributed by atoms with Gasteiger partial charge in [-0.1, -0.05) is 29.3 Å². The monoisotopic (exact) mass is 490 g/mol. The van der Waals surface area contributed by atoms with Crippen LogP contribution in [0.15, 0.2) is 23.0 Å². The minimum atomic E-state index is -0.381. The van der Waals surface area contributed by atoms with Crippen molar-refractivity contribution in [2.45, 2.75) is 44.7 Å². The number of anilines is 3. The zero-order valence-electron chi connectivity index (χ0n) is 17.7. The van der Waals surface area contributed by atoms with Crippen molar-refractivity contribution >= 4 is 57.6 Å². The van der Waals surface area contributed by atoms with Gasteiger partial charge in [-0.3, -0.25) is 14.2 Å². The van der Waals surface area contributed by atoms with E-state index in [1.165, 1.54) is 0 Å². The molecular weight excluding hydrogens is 467 g/mol. The first-order valence-electron chi connectivity index (χ1n) is 10.6. The van der Waals surface area contributed by atoms with E-state index in [1.54, 1.807) is 22.8 Å². The van der Waals surface area contributed by atoms with Crippen LogP contribution in [0.3, 0.4) is 0 Å². The van der Waals surface area contributed by atoms with E-state index >= 15 is 0 Å². The Morgan fingerprint density at radius 3 is 2.64 bits per heavy atom. The summed E-state index contributed by atoms with van der Waals surface area (Å²) in [6.45, 7) is 0.349. The molecule has 1 amide bonds. The lowest BCUT2D eigenvalue weighted by atomic mass is 10.1. The maximum atomic E-state index is 13.5. The number of hydrogen-bond donors (Lipinski definition) is 4. The number of hydrogen-bond acceptors (Lipinski definition) is 8. The molecule has 0 spiro atoms. The van der Waals surface area contributed by atoms with Crippen LogP contribution in [0.5, 0.6) is 0 Å². The van der Waals surface area contributed by atoms with Crippen LogP contribution in [0.4, 0.5) is 17.6 Å². The van der Waals surface area contributed by atoms with E-state index in [0.717, 1.165) is 12.8 Å². The van der Waals surface area contributed by atoms with Crippen LogP contribution in [0, 0.1) is 5.92 Å². The van der Waals surface area contributed by atoms with E-state index in [2.05, 4.69) is 15.3 Å². The van der Waals surface area contributed by atoms with Crippen LogP contribution in [0.25, 0.3) is 10.9 Å². The molecule has 33 heavy (non-hydrogen) atoms. The largest absolute Gasteiger partial charge is 0.382 e. The molecule has 0 radical (unpaired) electrons. The lowest BCUT2D eigenvalue weighted by Gasteiger charge is -2.24. The lowest BCUT2D eigenvalue weighted by Crippen LogP contribution is -2.31. The van der Waals surface area contributed by atoms with Gasteiger partial charge in [-0.15, -0.1) is 0 Å². The summed E-state index contributed by atoms with van der Waals surface area (Å²) in [5, 5.41) is 4.12. The molecule has 1 aromatic carbocycles. The molecule has 12 heteroatoms. The first-order chi connectivity index (χ1) is 15.8. The molecule has 10 nitrogen and oxygen atoms in total. The highest BCUT2D eigenvalue weighted by molar-refractivity contribution is 6.35. The Morgan fingerprint density at radius 2 is 1.94 bits per heavy atom. The fraction of sp³-hybridized carbons (Fsp3) is 0.381. The number of nitrogens with two attached hydrogens (primary N) is 3. The molecule has 1 fully saturated rings. The molecule has 1 saturated carbocycles. The van der Waals surface area contributed by atoms with Crippen LogP contribution in [-0.2, 0) is 11.3 Å². The number of benzene rings is 1. The number of rotatable bonds is 9. The average molecular weight is 491 g/mol. The molecular formula is C21H24Cl2N8O2. The van der Waals surface area contributed by atoms with Crippen molar-refractivity contribution in [3.63, 3.8) is 0 Å². The third kappa shape index (κ3) is 4.96. The number of nitrogens with one attached hydrogen (secondary N) is 1. The number of carbonyl (C=O) groups excluding carboxylic acids is 1. The number of amides is 1. The molecule has 1 atom stereocenters. The van der Waals surface area contributed by atoms with Crippen molar-refractivity contribution in [2.75, 3.05) is 16.8 Å². The Labute approximate surface area is 199 Å². The van der Waals surface area contributed by atoms with Gasteiger partial charge in [-0.25, -0.2) is 4.98 Å². The molecule has 0 bridgehead atoms. The molecule has 174 valence electrons. The summed E-state index contributed by atoms with van der Waals surface area (Å²) in [6.07, 6.45) is 3.24. The van der Waals surface area contributed by atoms with E-state index in [9.17, 15) is 9.59 Å². The Hall–Kier alpha value is -3.11. The van der Waals surface area contributed by atoms with Gasteiger partial charge in [0.2, 0.25) is 11.9 Å². The van der Waals surface area contributed by atoms with Crippen molar-refractivity contribution in [1.82, 2.24) is 19.5 Å². The second-order valence-electron chi connectivity index (χ2n) is 8.07. The van der Waals surface area contributed by atoms with E-state index in [0.29, 0.717) is 41.1 Å². The van der Waals surface area contributed by atoms with Gasteiger partial charge < -0.3 is 22.5 Å². The van der Waals surface area contributed by atoms with Crippen molar-refractivity contribution in [1.29, 1.82) is 0 Å². The standard InChI is InChI=1S/C21H24Cl2N8O2/c22-11-4-3-5-12-14(11)20(33)31(9-2-1-6-13(24)32)19(27-12)16(10-7-8-10)28-18-15(23)17(25)29-21(26)30-18/h3-5,10,16H,1-2,6-9H2,(H2,24,32)(H5,25,26,28,29,30)/t16-/m0/s1. The number of nitrogens with zero attached hydrogens (tertiary/aromatic N) is 4. The maximum absolute atomic E-state index is 13.5. The lowest BCUT2D eigenvalue weighted by molar-refractivity contribution is -0.118. The van der Waals surface area contributed by atoms with Crippen molar-refractivity contribution in [3.8, 4) is 0 Å². The number of primary amides is 1. The number of nitrogen functional groups attached to an aromatic ring is 2. The predicted octanol–water partition coefficient (Wildman–Crippen LogP) is 2.88. The normalized spacial score (nSPS) is 14.4. The highest BCUT2D eigenvalue weighted by atomic mass is 35.5. The first kappa shape index (κ1) is 23.1. The van der Waals surface area contributed by atoms with Crippen molar-refractivity contribution in [3.05, 3.63) is 44.4 Å². The van der Waals surface area contributed by atoms with Gasteiger partial charge in [-0.05, 0) is 43.7 Å². The van der Waals surface area contributed by atoms with Crippen molar-refractivity contribution < 1.29 is 4.79 Å². The Balaban J connectivity index is 1.80. The quantitative estimate of drug-likeness (QED) is 0.331. The zero-order valence-corrected chi connectivity index (χ0v) is 19.2. The summed E-state index contributed by atoms with van der Waals surface area (Å²) in [5.41, 5.74) is 17.1. The van der Waals surface area contributed by atoms with E-state index < -0.39 is 0 Å². The zero-order chi connectivity index (χ0) is 23.7. The molecule has 7 N–H and O–H groups in total. The van der Waals surface area contributed by atoms with E-state index in [4.69, 9.17) is 45.4 Å². The van der Waals surface area contributed by atoms with Crippen LogP contribution < -0.4 is 28.1 Å². The summed E-state index contributed by atoms with van der Waals surface area (Å²) >= 11 is 12.7. The maximum Gasteiger partial charge on any atom is 0.262 e. The Kier molecular flexibility index (Phi) is 6.57. The summed E-state index contributed by atoms with van der Waals surface area (Å²) in [6, 6.07) is 4.79. The number of halogens is 2. The van der Waals surface area contributed by atoms with Crippen LogP contribution in [-0.4, -0.2) is 25.4 Å². The Bertz CT molecular complexity index is 1280. The van der Waals surface area contributed by atoms with Gasteiger partial charge in [0, 0.05) is 13.0 Å². The second kappa shape index (κ2) is 9.40. The van der Waals surface area contributed by atoms with Gasteiger partial charge in [0.25, 0.3) is 5.56 Å². The minimum Gasteiger partial charge on any atom is -0.382 e. The summed E-state index contributed by atoms with van der Waals surface area (Å²) < 4.78 is 1.60. The smallest absolute Gasteiger partial charge is 0.262 e. The van der Waals surface area contributed by atoms with Crippen LogP contribution in [0.2, 0.25) is 10.0 Å². The number of fused-ring (bicyclic) bond motifs is 1. The molecule has 0 saturated heterocycles. The second-order valence-corrected chi connectivity index (χ2v) is 8.86. The highest BCUT2D eigenvalue weighted by Crippen LogP contribution is 2.43. The summed E-state index contributed by atoms with van der Waals surface area (Å²) in [5.74, 6) is 0.675. The van der Waals surface area contributed by atoms with E-state index in [1.807, 2.05) is 0 Å². The van der Waals surface area contributed by atoms with Gasteiger partial charge >= 0.3 is 0 Å². The molecule has 1 aliphatic carbocycles. The SMILES string of the molecule is NC(=O)CCCCn1c([C@@H](Nc2nc(N)nc(N)c2Cl)C2CC2)nc2cccc(Cl)c2c1=O. The highest BCUT2D eigenvalue weighted by Gasteiger charge is 2.36.